The minimum absolute atomic E-state index is 0.230. The van der Waals surface area contributed by atoms with Crippen LogP contribution in [-0.4, -0.2) is 39.3 Å². The molecule has 1 N–H and O–H groups in total. The highest BCUT2D eigenvalue weighted by Gasteiger charge is 2.30. The van der Waals surface area contributed by atoms with Crippen LogP contribution in [0.3, 0.4) is 0 Å². The van der Waals surface area contributed by atoms with Crippen LogP contribution in [0.15, 0.2) is 59.5 Å². The van der Waals surface area contributed by atoms with E-state index in [0.717, 1.165) is 11.5 Å². The molecule has 0 saturated heterocycles. The van der Waals surface area contributed by atoms with Crippen LogP contribution in [0.25, 0.3) is 5.69 Å². The van der Waals surface area contributed by atoms with E-state index in [-0.39, 0.29) is 11.6 Å². The van der Waals surface area contributed by atoms with Crippen molar-refractivity contribution in [1.82, 2.24) is 19.7 Å². The Morgan fingerprint density at radius 2 is 1.90 bits per heavy atom. The van der Waals surface area contributed by atoms with E-state index in [1.54, 1.807) is 18.7 Å². The summed E-state index contributed by atoms with van der Waals surface area (Å²) < 4.78 is 3.50. The molecule has 1 atom stereocenters. The predicted molar refractivity (Wildman–Crippen MR) is 108 cm³/mol. The number of rotatable bonds is 3. The van der Waals surface area contributed by atoms with Gasteiger partial charge in [-0.05, 0) is 37.6 Å². The second-order valence-electron chi connectivity index (χ2n) is 7.02. The molecule has 8 nitrogen and oxygen atoms in total. The van der Waals surface area contributed by atoms with Gasteiger partial charge in [0, 0.05) is 31.5 Å². The monoisotopic (exact) mass is 391 g/mol. The number of benzene rings is 1. The van der Waals surface area contributed by atoms with Gasteiger partial charge in [-0.2, -0.15) is 5.10 Å². The number of aryl methyl sites for hydroxylation is 2. The number of para-hydroxylation sites is 1. The highest BCUT2D eigenvalue weighted by Crippen LogP contribution is 2.20. The first-order chi connectivity index (χ1) is 14.0. The Morgan fingerprint density at radius 3 is 2.66 bits per heavy atom. The Kier molecular flexibility index (Phi) is 4.75. The zero-order valence-electron chi connectivity index (χ0n) is 16.2. The van der Waals surface area contributed by atoms with Gasteiger partial charge in [-0.25, -0.2) is 4.68 Å². The normalized spacial score (nSPS) is 16.3. The molecule has 1 aliphatic heterocycles. The van der Waals surface area contributed by atoms with Gasteiger partial charge < -0.3 is 9.88 Å². The Bertz CT molecular complexity index is 1130. The maximum atomic E-state index is 12.8. The quantitative estimate of drug-likeness (QED) is 0.733. The van der Waals surface area contributed by atoms with Gasteiger partial charge in [0.15, 0.2) is 5.69 Å². The summed E-state index contributed by atoms with van der Waals surface area (Å²) in [6, 6.07) is 13.6. The number of hydrogen-bond acceptors (Lipinski definition) is 4. The van der Waals surface area contributed by atoms with Gasteiger partial charge in [0.2, 0.25) is 11.3 Å². The van der Waals surface area contributed by atoms with Crippen molar-refractivity contribution in [1.29, 1.82) is 0 Å². The number of carbonyl (C=O) groups excluding carboxylic acids is 2. The first-order valence-corrected chi connectivity index (χ1v) is 9.35. The minimum Gasteiger partial charge on any atom is -0.339 e. The number of likely N-dealkylation sites (N-methyl/N-ethyl adjacent to an activating group) is 1. The molecule has 0 saturated carbocycles. The summed E-state index contributed by atoms with van der Waals surface area (Å²) in [5.74, 6) is -0.115. The van der Waals surface area contributed by atoms with E-state index in [2.05, 4.69) is 10.4 Å². The van der Waals surface area contributed by atoms with Crippen molar-refractivity contribution in [2.75, 3.05) is 11.9 Å². The lowest BCUT2D eigenvalue weighted by molar-refractivity contribution is -0.120. The molecule has 1 aromatic carbocycles. The SMILES string of the molecule is Cc1cc(=O)c(C(=O)NC2CCn3cccc3N(C)C2=O)nn1-c1ccccc1. The molecule has 4 rings (SSSR count). The second kappa shape index (κ2) is 7.38. The molecule has 8 heteroatoms. The average molecular weight is 391 g/mol. The van der Waals surface area contributed by atoms with Crippen LogP contribution in [0.5, 0.6) is 0 Å². The van der Waals surface area contributed by atoms with Crippen LogP contribution >= 0.6 is 0 Å². The number of nitrogens with zero attached hydrogens (tertiary/aromatic N) is 4. The Balaban J connectivity index is 1.61. The molecule has 0 bridgehead atoms. The zero-order valence-corrected chi connectivity index (χ0v) is 16.2. The lowest BCUT2D eigenvalue weighted by atomic mass is 10.1. The summed E-state index contributed by atoms with van der Waals surface area (Å²) in [6.45, 7) is 2.33. The summed E-state index contributed by atoms with van der Waals surface area (Å²) in [5, 5.41) is 6.97. The van der Waals surface area contributed by atoms with Gasteiger partial charge in [0.1, 0.15) is 11.9 Å². The largest absolute Gasteiger partial charge is 0.339 e. The number of anilines is 1. The number of fused-ring (bicyclic) bond motifs is 1. The van der Waals surface area contributed by atoms with Gasteiger partial charge in [-0.15, -0.1) is 0 Å². The molecule has 0 radical (unpaired) electrons. The standard InChI is InChI=1S/C21H21N5O3/c1-14-13-17(27)19(23-26(14)15-7-4-3-5-8-15)20(28)22-16-10-12-25-11-6-9-18(25)24(2)21(16)29/h3-9,11,13,16H,10,12H2,1-2H3,(H,22,28). The van der Waals surface area contributed by atoms with Crippen molar-refractivity contribution in [3.05, 3.63) is 76.3 Å². The van der Waals surface area contributed by atoms with Gasteiger partial charge in [0.25, 0.3) is 5.91 Å². The number of nitrogens with one attached hydrogen (secondary N) is 1. The van der Waals surface area contributed by atoms with Crippen LogP contribution in [0.2, 0.25) is 0 Å². The van der Waals surface area contributed by atoms with E-state index in [4.69, 9.17) is 0 Å². The van der Waals surface area contributed by atoms with E-state index in [1.807, 2.05) is 53.2 Å². The molecule has 0 aliphatic carbocycles. The molecule has 29 heavy (non-hydrogen) atoms. The molecular formula is C21H21N5O3. The highest BCUT2D eigenvalue weighted by molar-refractivity contribution is 6.01. The fraction of sp³-hybridized carbons (Fsp3) is 0.238. The van der Waals surface area contributed by atoms with Crippen molar-refractivity contribution in [3.8, 4) is 5.69 Å². The smallest absolute Gasteiger partial charge is 0.276 e. The van der Waals surface area contributed by atoms with Crippen molar-refractivity contribution in [3.63, 3.8) is 0 Å². The molecule has 1 aliphatic rings. The number of hydrogen-bond donors (Lipinski definition) is 1. The average Bonchev–Trinajstić information content (AvgIpc) is 3.15. The molecule has 1 unspecified atom stereocenters. The summed E-state index contributed by atoms with van der Waals surface area (Å²) in [7, 11) is 1.67. The van der Waals surface area contributed by atoms with Gasteiger partial charge >= 0.3 is 0 Å². The zero-order chi connectivity index (χ0) is 20.5. The van der Waals surface area contributed by atoms with E-state index >= 15 is 0 Å². The summed E-state index contributed by atoms with van der Waals surface area (Å²) in [4.78, 5) is 39.6. The molecule has 3 aromatic rings. The van der Waals surface area contributed by atoms with Crippen LogP contribution in [0.1, 0.15) is 22.6 Å². The summed E-state index contributed by atoms with van der Waals surface area (Å²) in [5.41, 5.74) is 0.637. The first-order valence-electron chi connectivity index (χ1n) is 9.35. The van der Waals surface area contributed by atoms with Crippen LogP contribution in [0.4, 0.5) is 5.82 Å². The maximum Gasteiger partial charge on any atom is 0.276 e. The van der Waals surface area contributed by atoms with Crippen molar-refractivity contribution in [2.24, 2.45) is 0 Å². The predicted octanol–water partition coefficient (Wildman–Crippen LogP) is 1.51. The first kappa shape index (κ1) is 18.7. The molecule has 0 fully saturated rings. The summed E-state index contributed by atoms with van der Waals surface area (Å²) >= 11 is 0. The van der Waals surface area contributed by atoms with Crippen molar-refractivity contribution >= 4 is 17.6 Å². The molecule has 2 aromatic heterocycles. The number of amides is 2. The van der Waals surface area contributed by atoms with Gasteiger partial charge in [0.05, 0.1) is 5.69 Å². The van der Waals surface area contributed by atoms with Crippen LogP contribution < -0.4 is 15.6 Å². The number of carbonyl (C=O) groups is 2. The third-order valence-electron chi connectivity index (χ3n) is 5.07. The molecule has 148 valence electrons. The van der Waals surface area contributed by atoms with Crippen LogP contribution in [-0.2, 0) is 11.3 Å². The second-order valence-corrected chi connectivity index (χ2v) is 7.02. The fourth-order valence-electron chi connectivity index (χ4n) is 3.53. The van der Waals surface area contributed by atoms with Crippen LogP contribution in [0, 0.1) is 6.92 Å². The van der Waals surface area contributed by atoms with E-state index in [0.29, 0.717) is 18.7 Å². The molecule has 0 spiro atoms. The Labute approximate surface area is 167 Å². The lowest BCUT2D eigenvalue weighted by Crippen LogP contribution is -2.48. The fourth-order valence-corrected chi connectivity index (χ4v) is 3.53. The highest BCUT2D eigenvalue weighted by atomic mass is 16.2. The summed E-state index contributed by atoms with van der Waals surface area (Å²) in [6.07, 6.45) is 2.32. The number of aromatic nitrogens is 3. The Hall–Kier alpha value is -3.68. The third kappa shape index (κ3) is 3.44. The van der Waals surface area contributed by atoms with Crippen molar-refractivity contribution < 1.29 is 9.59 Å². The maximum absolute atomic E-state index is 12.8. The topological polar surface area (TPSA) is 89.2 Å². The Morgan fingerprint density at radius 1 is 1.14 bits per heavy atom. The van der Waals surface area contributed by atoms with Crippen molar-refractivity contribution in [2.45, 2.75) is 25.9 Å². The van der Waals surface area contributed by atoms with E-state index in [9.17, 15) is 14.4 Å². The minimum atomic E-state index is -0.736. The molecule has 3 heterocycles. The molecule has 2 amide bonds. The third-order valence-corrected chi connectivity index (χ3v) is 5.07. The van der Waals surface area contributed by atoms with Gasteiger partial charge in [-0.3, -0.25) is 19.3 Å². The lowest BCUT2D eigenvalue weighted by Gasteiger charge is -2.20. The van der Waals surface area contributed by atoms with Gasteiger partial charge in [-0.1, -0.05) is 18.2 Å². The van der Waals surface area contributed by atoms with E-state index < -0.39 is 17.4 Å². The molecular weight excluding hydrogens is 370 g/mol. The van der Waals surface area contributed by atoms with E-state index in [1.165, 1.54) is 11.0 Å².